The largest absolute Gasteiger partial charge is 0.472 e. The summed E-state index contributed by atoms with van der Waals surface area (Å²) in [6.45, 7) is 3.60. The minimum Gasteiger partial charge on any atom is -0.472 e. The van der Waals surface area contributed by atoms with Gasteiger partial charge in [-0.1, -0.05) is 0 Å². The summed E-state index contributed by atoms with van der Waals surface area (Å²) in [5.74, 6) is 0.908. The maximum atomic E-state index is 12.6. The van der Waals surface area contributed by atoms with Gasteiger partial charge in [0.05, 0.1) is 11.8 Å². The number of furan rings is 1. The first-order valence-electron chi connectivity index (χ1n) is 8.59. The van der Waals surface area contributed by atoms with Crippen molar-refractivity contribution in [3.8, 4) is 0 Å². The SMILES string of the molecule is O=C(c1ccoc1)N1CCCC2(CCN(c3ncccn3)CC2)C1. The topological polar surface area (TPSA) is 62.5 Å². The predicted octanol–water partition coefficient (Wildman–Crippen LogP) is 2.59. The second-order valence-corrected chi connectivity index (χ2v) is 6.88. The molecule has 2 aromatic rings. The molecular formula is C18H22N4O2. The number of amides is 1. The molecule has 0 bridgehead atoms. The Bertz CT molecular complexity index is 678. The third kappa shape index (κ3) is 2.88. The van der Waals surface area contributed by atoms with E-state index in [4.69, 9.17) is 4.42 Å². The fourth-order valence-electron chi connectivity index (χ4n) is 3.99. The highest BCUT2D eigenvalue weighted by atomic mass is 16.3. The Morgan fingerprint density at radius 1 is 1.12 bits per heavy atom. The maximum absolute atomic E-state index is 12.6. The van der Waals surface area contributed by atoms with Crippen molar-refractivity contribution in [1.82, 2.24) is 14.9 Å². The third-order valence-electron chi connectivity index (χ3n) is 5.38. The Balaban J connectivity index is 1.42. The second kappa shape index (κ2) is 6.26. The average Bonchev–Trinajstić information content (AvgIpc) is 3.17. The normalized spacial score (nSPS) is 20.3. The van der Waals surface area contributed by atoms with Crippen LogP contribution in [-0.4, -0.2) is 47.0 Å². The highest BCUT2D eigenvalue weighted by Crippen LogP contribution is 2.40. The van der Waals surface area contributed by atoms with Gasteiger partial charge in [0.1, 0.15) is 6.26 Å². The van der Waals surface area contributed by atoms with Crippen LogP contribution in [0.25, 0.3) is 0 Å². The molecule has 0 unspecified atom stereocenters. The molecule has 2 aliphatic heterocycles. The van der Waals surface area contributed by atoms with Crippen LogP contribution in [0.15, 0.2) is 41.5 Å². The second-order valence-electron chi connectivity index (χ2n) is 6.88. The van der Waals surface area contributed by atoms with E-state index in [9.17, 15) is 4.79 Å². The maximum Gasteiger partial charge on any atom is 0.257 e. The quantitative estimate of drug-likeness (QED) is 0.849. The first kappa shape index (κ1) is 15.2. The van der Waals surface area contributed by atoms with Crippen LogP contribution in [0.2, 0.25) is 0 Å². The molecule has 1 amide bonds. The van der Waals surface area contributed by atoms with Gasteiger partial charge in [0.2, 0.25) is 5.95 Å². The van der Waals surface area contributed by atoms with Gasteiger partial charge in [-0.25, -0.2) is 9.97 Å². The van der Waals surface area contributed by atoms with Gasteiger partial charge >= 0.3 is 0 Å². The van der Waals surface area contributed by atoms with E-state index in [0.29, 0.717) is 5.56 Å². The van der Waals surface area contributed by atoms with Crippen molar-refractivity contribution < 1.29 is 9.21 Å². The van der Waals surface area contributed by atoms with Gasteiger partial charge in [-0.05, 0) is 43.2 Å². The average molecular weight is 326 g/mol. The Kier molecular flexibility index (Phi) is 3.96. The minimum absolute atomic E-state index is 0.0941. The zero-order valence-corrected chi connectivity index (χ0v) is 13.7. The molecule has 0 atom stereocenters. The molecule has 2 fully saturated rings. The Hall–Kier alpha value is -2.37. The molecule has 2 saturated heterocycles. The van der Waals surface area contributed by atoms with E-state index < -0.39 is 0 Å². The van der Waals surface area contributed by atoms with Crippen molar-refractivity contribution in [2.75, 3.05) is 31.1 Å². The summed E-state index contributed by atoms with van der Waals surface area (Å²) in [5.41, 5.74) is 0.894. The zero-order chi connectivity index (χ0) is 16.4. The molecule has 4 heterocycles. The van der Waals surface area contributed by atoms with Gasteiger partial charge < -0.3 is 14.2 Å². The molecule has 0 saturated carbocycles. The van der Waals surface area contributed by atoms with Crippen LogP contribution in [0, 0.1) is 5.41 Å². The van der Waals surface area contributed by atoms with Gasteiger partial charge in [0, 0.05) is 38.6 Å². The van der Waals surface area contributed by atoms with Crippen molar-refractivity contribution in [3.05, 3.63) is 42.6 Å². The van der Waals surface area contributed by atoms with Gasteiger partial charge in [-0.3, -0.25) is 4.79 Å². The molecular weight excluding hydrogens is 304 g/mol. The van der Waals surface area contributed by atoms with E-state index in [0.717, 1.165) is 51.4 Å². The number of aromatic nitrogens is 2. The summed E-state index contributed by atoms with van der Waals surface area (Å²) in [7, 11) is 0. The van der Waals surface area contributed by atoms with Crippen LogP contribution in [-0.2, 0) is 0 Å². The fraction of sp³-hybridized carbons (Fsp3) is 0.500. The van der Waals surface area contributed by atoms with Crippen molar-refractivity contribution in [3.63, 3.8) is 0 Å². The number of anilines is 1. The summed E-state index contributed by atoms with van der Waals surface area (Å²) in [4.78, 5) is 25.6. The van der Waals surface area contributed by atoms with E-state index in [2.05, 4.69) is 14.9 Å². The minimum atomic E-state index is 0.0941. The molecule has 6 heteroatoms. The molecule has 126 valence electrons. The molecule has 0 N–H and O–H groups in total. The van der Waals surface area contributed by atoms with E-state index in [1.807, 2.05) is 11.0 Å². The molecule has 2 aliphatic rings. The van der Waals surface area contributed by atoms with Crippen molar-refractivity contribution in [1.29, 1.82) is 0 Å². The summed E-state index contributed by atoms with van der Waals surface area (Å²) < 4.78 is 5.06. The lowest BCUT2D eigenvalue weighted by atomic mass is 9.72. The first-order chi connectivity index (χ1) is 11.8. The molecule has 4 rings (SSSR count). The number of carbonyl (C=O) groups is 1. The Morgan fingerprint density at radius 2 is 1.92 bits per heavy atom. The number of nitrogens with zero attached hydrogens (tertiary/aromatic N) is 4. The smallest absolute Gasteiger partial charge is 0.257 e. The highest BCUT2D eigenvalue weighted by Gasteiger charge is 2.40. The lowest BCUT2D eigenvalue weighted by Gasteiger charge is -2.47. The molecule has 0 radical (unpaired) electrons. The van der Waals surface area contributed by atoms with E-state index in [1.165, 1.54) is 6.42 Å². The Labute approximate surface area is 141 Å². The molecule has 0 aromatic carbocycles. The number of hydrogen-bond acceptors (Lipinski definition) is 5. The number of hydrogen-bond donors (Lipinski definition) is 0. The van der Waals surface area contributed by atoms with Crippen LogP contribution >= 0.6 is 0 Å². The summed E-state index contributed by atoms with van der Waals surface area (Å²) in [6, 6.07) is 3.59. The summed E-state index contributed by atoms with van der Waals surface area (Å²) in [6.07, 6.45) is 11.1. The lowest BCUT2D eigenvalue weighted by molar-refractivity contribution is 0.0432. The molecule has 0 aliphatic carbocycles. The molecule has 24 heavy (non-hydrogen) atoms. The van der Waals surface area contributed by atoms with Crippen molar-refractivity contribution in [2.24, 2.45) is 5.41 Å². The van der Waals surface area contributed by atoms with Crippen molar-refractivity contribution in [2.45, 2.75) is 25.7 Å². The van der Waals surface area contributed by atoms with Gasteiger partial charge in [-0.2, -0.15) is 0 Å². The molecule has 6 nitrogen and oxygen atoms in total. The molecule has 2 aromatic heterocycles. The van der Waals surface area contributed by atoms with E-state index in [1.54, 1.807) is 31.0 Å². The summed E-state index contributed by atoms with van der Waals surface area (Å²) in [5, 5.41) is 0. The monoisotopic (exact) mass is 326 g/mol. The van der Waals surface area contributed by atoms with Crippen LogP contribution in [0.5, 0.6) is 0 Å². The summed E-state index contributed by atoms with van der Waals surface area (Å²) >= 11 is 0. The fourth-order valence-corrected chi connectivity index (χ4v) is 3.99. The van der Waals surface area contributed by atoms with E-state index >= 15 is 0 Å². The van der Waals surface area contributed by atoms with E-state index in [-0.39, 0.29) is 11.3 Å². The third-order valence-corrected chi connectivity index (χ3v) is 5.38. The highest BCUT2D eigenvalue weighted by molar-refractivity contribution is 5.93. The Morgan fingerprint density at radius 3 is 2.62 bits per heavy atom. The van der Waals surface area contributed by atoms with Gasteiger partial charge in [-0.15, -0.1) is 0 Å². The van der Waals surface area contributed by atoms with Gasteiger partial charge in [0.15, 0.2) is 0 Å². The van der Waals surface area contributed by atoms with Crippen LogP contribution in [0.1, 0.15) is 36.0 Å². The zero-order valence-electron chi connectivity index (χ0n) is 13.7. The van der Waals surface area contributed by atoms with Gasteiger partial charge in [0.25, 0.3) is 5.91 Å². The number of carbonyl (C=O) groups excluding carboxylic acids is 1. The van der Waals surface area contributed by atoms with Crippen molar-refractivity contribution >= 4 is 11.9 Å². The number of piperidine rings is 2. The van der Waals surface area contributed by atoms with Crippen LogP contribution in [0.3, 0.4) is 0 Å². The predicted molar refractivity (Wildman–Crippen MR) is 89.8 cm³/mol. The number of rotatable bonds is 2. The first-order valence-corrected chi connectivity index (χ1v) is 8.59. The van der Waals surface area contributed by atoms with Crippen LogP contribution in [0.4, 0.5) is 5.95 Å². The number of likely N-dealkylation sites (tertiary alicyclic amines) is 1. The van der Waals surface area contributed by atoms with Crippen LogP contribution < -0.4 is 4.90 Å². The standard InChI is InChI=1S/C18H22N4O2/c23-16(15-3-12-24-13-15)22-9-1-4-18(14-22)5-10-21(11-6-18)17-19-7-2-8-20-17/h2-3,7-8,12-13H,1,4-6,9-11,14H2. The lowest BCUT2D eigenvalue weighted by Crippen LogP contribution is -2.51. The molecule has 1 spiro atoms.